The van der Waals surface area contributed by atoms with E-state index < -0.39 is 0 Å². The van der Waals surface area contributed by atoms with Crippen LogP contribution in [0.3, 0.4) is 0 Å². The van der Waals surface area contributed by atoms with E-state index >= 15 is 0 Å². The second-order valence-electron chi connectivity index (χ2n) is 5.27. The van der Waals surface area contributed by atoms with Crippen molar-refractivity contribution < 1.29 is 4.79 Å². The zero-order valence-corrected chi connectivity index (χ0v) is 11.8. The zero-order chi connectivity index (χ0) is 15.5. The number of aromatic amines is 1. The van der Waals surface area contributed by atoms with Gasteiger partial charge < -0.3 is 10.3 Å². The number of amides is 1. The Kier molecular flexibility index (Phi) is 3.71. The van der Waals surface area contributed by atoms with Gasteiger partial charge in [0.1, 0.15) is 5.82 Å². The van der Waals surface area contributed by atoms with Gasteiger partial charge >= 0.3 is 0 Å². The number of rotatable bonds is 4. The molecule has 3 rings (SSSR count). The van der Waals surface area contributed by atoms with Gasteiger partial charge in [0.15, 0.2) is 0 Å². The second-order valence-corrected chi connectivity index (χ2v) is 5.27. The van der Waals surface area contributed by atoms with Crippen LogP contribution in [-0.4, -0.2) is 15.9 Å². The molecule has 2 N–H and O–H groups in total. The van der Waals surface area contributed by atoms with Crippen molar-refractivity contribution in [2.45, 2.75) is 25.2 Å². The summed E-state index contributed by atoms with van der Waals surface area (Å²) in [5.74, 6) is 0.346. The Balaban J connectivity index is 1.81. The third-order valence-corrected chi connectivity index (χ3v) is 3.45. The molecule has 2 heterocycles. The first-order chi connectivity index (χ1) is 10.7. The number of anilines is 1. The van der Waals surface area contributed by atoms with Gasteiger partial charge in [-0.25, -0.2) is 4.98 Å². The van der Waals surface area contributed by atoms with Crippen LogP contribution in [0.15, 0.2) is 35.1 Å². The molecule has 0 aromatic carbocycles. The summed E-state index contributed by atoms with van der Waals surface area (Å²) in [6.07, 6.45) is 2.26. The normalized spacial score (nSPS) is 13.4. The standard InChI is InChI=1S/C16H14N4O2/c17-7-6-12-2-1-3-14(18-12)20-16(22)11-8-13(10-4-5-10)19-15(21)9-11/h1-3,8-10H,4-6H2,(H,19,21)(H,18,20,22). The summed E-state index contributed by atoms with van der Waals surface area (Å²) in [5, 5.41) is 11.3. The lowest BCUT2D eigenvalue weighted by molar-refractivity contribution is 0.102. The summed E-state index contributed by atoms with van der Waals surface area (Å²) in [6, 6.07) is 10.1. The molecule has 1 fully saturated rings. The van der Waals surface area contributed by atoms with Crippen LogP contribution in [0, 0.1) is 11.3 Å². The van der Waals surface area contributed by atoms with E-state index in [9.17, 15) is 9.59 Å². The van der Waals surface area contributed by atoms with Gasteiger partial charge in [-0.05, 0) is 37.0 Å². The van der Waals surface area contributed by atoms with Crippen LogP contribution >= 0.6 is 0 Å². The molecule has 0 saturated heterocycles. The Labute approximate surface area is 126 Å². The van der Waals surface area contributed by atoms with Crippen molar-refractivity contribution in [1.82, 2.24) is 9.97 Å². The average Bonchev–Trinajstić information content (AvgIpc) is 3.32. The summed E-state index contributed by atoms with van der Waals surface area (Å²) in [5.41, 5.74) is 1.44. The lowest BCUT2D eigenvalue weighted by atomic mass is 10.1. The highest BCUT2D eigenvalue weighted by Gasteiger charge is 2.25. The minimum absolute atomic E-state index is 0.181. The molecular weight excluding hydrogens is 280 g/mol. The van der Waals surface area contributed by atoms with E-state index in [4.69, 9.17) is 5.26 Å². The zero-order valence-electron chi connectivity index (χ0n) is 11.8. The molecule has 0 spiro atoms. The molecule has 110 valence electrons. The fraction of sp³-hybridized carbons (Fsp3) is 0.250. The largest absolute Gasteiger partial charge is 0.326 e. The van der Waals surface area contributed by atoms with Gasteiger partial charge in [0.25, 0.3) is 5.91 Å². The van der Waals surface area contributed by atoms with E-state index in [1.807, 2.05) is 6.07 Å². The van der Waals surface area contributed by atoms with E-state index in [0.717, 1.165) is 18.5 Å². The number of nitrogens with zero attached hydrogens (tertiary/aromatic N) is 2. The second kappa shape index (κ2) is 5.82. The van der Waals surface area contributed by atoms with Crippen molar-refractivity contribution in [2.24, 2.45) is 0 Å². The molecule has 2 aromatic rings. The van der Waals surface area contributed by atoms with E-state index in [1.165, 1.54) is 6.07 Å². The van der Waals surface area contributed by atoms with Crippen molar-refractivity contribution in [3.8, 4) is 6.07 Å². The molecule has 0 bridgehead atoms. The van der Waals surface area contributed by atoms with Crippen LogP contribution in [0.1, 0.15) is 40.5 Å². The minimum atomic E-state index is -0.380. The SMILES string of the molecule is N#CCc1cccc(NC(=O)c2cc(C3CC3)[nH]c(=O)c2)n1. The maximum Gasteiger partial charge on any atom is 0.257 e. The predicted molar refractivity (Wildman–Crippen MR) is 80.5 cm³/mol. The molecular formula is C16H14N4O2. The third kappa shape index (κ3) is 3.20. The summed E-state index contributed by atoms with van der Waals surface area (Å²) in [7, 11) is 0. The van der Waals surface area contributed by atoms with Gasteiger partial charge in [-0.3, -0.25) is 9.59 Å². The Morgan fingerprint density at radius 3 is 2.95 bits per heavy atom. The van der Waals surface area contributed by atoms with E-state index in [0.29, 0.717) is 23.0 Å². The fourth-order valence-electron chi connectivity index (χ4n) is 2.23. The Morgan fingerprint density at radius 2 is 2.23 bits per heavy atom. The third-order valence-electron chi connectivity index (χ3n) is 3.45. The minimum Gasteiger partial charge on any atom is -0.326 e. The summed E-state index contributed by atoms with van der Waals surface area (Å²) >= 11 is 0. The number of carbonyl (C=O) groups is 1. The number of carbonyl (C=O) groups excluding carboxylic acids is 1. The molecule has 1 aliphatic rings. The molecule has 0 atom stereocenters. The van der Waals surface area contributed by atoms with Crippen molar-refractivity contribution in [3.05, 3.63) is 57.6 Å². The molecule has 22 heavy (non-hydrogen) atoms. The molecule has 6 nitrogen and oxygen atoms in total. The highest BCUT2D eigenvalue weighted by molar-refractivity contribution is 6.03. The quantitative estimate of drug-likeness (QED) is 0.900. The number of aromatic nitrogens is 2. The highest BCUT2D eigenvalue weighted by Crippen LogP contribution is 2.38. The molecule has 0 radical (unpaired) electrons. The number of hydrogen-bond donors (Lipinski definition) is 2. The van der Waals surface area contributed by atoms with Gasteiger partial charge in [-0.1, -0.05) is 6.07 Å². The van der Waals surface area contributed by atoms with Crippen LogP contribution in [0.2, 0.25) is 0 Å². The molecule has 0 aliphatic heterocycles. The molecule has 1 aliphatic carbocycles. The fourth-order valence-corrected chi connectivity index (χ4v) is 2.23. The Bertz CT molecular complexity index is 815. The van der Waals surface area contributed by atoms with Crippen molar-refractivity contribution >= 4 is 11.7 Å². The van der Waals surface area contributed by atoms with Crippen molar-refractivity contribution in [3.63, 3.8) is 0 Å². The van der Waals surface area contributed by atoms with Crippen LogP contribution in [0.5, 0.6) is 0 Å². The van der Waals surface area contributed by atoms with E-state index in [-0.39, 0.29) is 17.9 Å². The number of pyridine rings is 2. The summed E-state index contributed by atoms with van der Waals surface area (Å²) in [4.78, 5) is 30.9. The number of nitriles is 1. The lowest BCUT2D eigenvalue weighted by Crippen LogP contribution is -2.18. The topological polar surface area (TPSA) is 98.6 Å². The molecule has 0 unspecified atom stereocenters. The summed E-state index contributed by atoms with van der Waals surface area (Å²) < 4.78 is 0. The van der Waals surface area contributed by atoms with Crippen LogP contribution in [-0.2, 0) is 6.42 Å². The van der Waals surface area contributed by atoms with Gasteiger partial charge in [-0.2, -0.15) is 5.26 Å². The Hall–Kier alpha value is -2.94. The van der Waals surface area contributed by atoms with E-state index in [2.05, 4.69) is 15.3 Å². The van der Waals surface area contributed by atoms with Gasteiger partial charge in [0.05, 0.1) is 18.2 Å². The van der Waals surface area contributed by atoms with Gasteiger partial charge in [0.2, 0.25) is 5.56 Å². The molecule has 2 aromatic heterocycles. The highest BCUT2D eigenvalue weighted by atomic mass is 16.2. The van der Waals surface area contributed by atoms with Crippen LogP contribution < -0.4 is 10.9 Å². The predicted octanol–water partition coefficient (Wildman–Crippen LogP) is 1.97. The monoisotopic (exact) mass is 294 g/mol. The van der Waals surface area contributed by atoms with Gasteiger partial charge in [-0.15, -0.1) is 0 Å². The first-order valence-corrected chi connectivity index (χ1v) is 7.04. The smallest absolute Gasteiger partial charge is 0.257 e. The maximum absolute atomic E-state index is 12.3. The first kappa shape index (κ1) is 14.0. The van der Waals surface area contributed by atoms with Gasteiger partial charge in [0, 0.05) is 17.3 Å². The van der Waals surface area contributed by atoms with Crippen molar-refractivity contribution in [1.29, 1.82) is 5.26 Å². The number of hydrogen-bond acceptors (Lipinski definition) is 4. The average molecular weight is 294 g/mol. The van der Waals surface area contributed by atoms with Crippen molar-refractivity contribution in [2.75, 3.05) is 5.32 Å². The van der Waals surface area contributed by atoms with Crippen LogP contribution in [0.25, 0.3) is 0 Å². The first-order valence-electron chi connectivity index (χ1n) is 7.04. The Morgan fingerprint density at radius 1 is 1.41 bits per heavy atom. The maximum atomic E-state index is 12.3. The van der Waals surface area contributed by atoms with Crippen LogP contribution in [0.4, 0.5) is 5.82 Å². The number of H-pyrrole nitrogens is 1. The van der Waals surface area contributed by atoms with E-state index in [1.54, 1.807) is 24.3 Å². The lowest BCUT2D eigenvalue weighted by Gasteiger charge is -2.06. The number of nitrogens with one attached hydrogen (secondary N) is 2. The molecule has 1 saturated carbocycles. The molecule has 6 heteroatoms. The molecule has 1 amide bonds. The summed E-state index contributed by atoms with van der Waals surface area (Å²) in [6.45, 7) is 0.